The van der Waals surface area contributed by atoms with E-state index in [0.717, 1.165) is 12.1 Å². The fourth-order valence-corrected chi connectivity index (χ4v) is 1.33. The summed E-state index contributed by atoms with van der Waals surface area (Å²) < 4.78 is 39.4. The second kappa shape index (κ2) is 4.75. The molecule has 16 heavy (non-hydrogen) atoms. The van der Waals surface area contributed by atoms with Crippen LogP contribution in [0.3, 0.4) is 0 Å². The lowest BCUT2D eigenvalue weighted by molar-refractivity contribution is -0.274. The van der Waals surface area contributed by atoms with Gasteiger partial charge >= 0.3 is 13.5 Å². The van der Waals surface area contributed by atoms with Crippen LogP contribution in [0.15, 0.2) is 18.2 Å². The molecular formula is C9H10BF3O3. The van der Waals surface area contributed by atoms with Gasteiger partial charge in [-0.3, -0.25) is 0 Å². The maximum Gasteiger partial charge on any atom is 0.573 e. The molecule has 0 radical (unpaired) electrons. The van der Waals surface area contributed by atoms with Gasteiger partial charge in [-0.1, -0.05) is 13.0 Å². The zero-order chi connectivity index (χ0) is 12.3. The molecular weight excluding hydrogens is 224 g/mol. The first kappa shape index (κ1) is 12.9. The summed E-state index contributed by atoms with van der Waals surface area (Å²) in [6, 6.07) is 3.48. The third-order valence-corrected chi connectivity index (χ3v) is 2.01. The summed E-state index contributed by atoms with van der Waals surface area (Å²) in [4.78, 5) is 0. The van der Waals surface area contributed by atoms with Gasteiger partial charge in [0.1, 0.15) is 5.75 Å². The third-order valence-electron chi connectivity index (χ3n) is 2.01. The molecule has 1 aromatic rings. The summed E-state index contributed by atoms with van der Waals surface area (Å²) in [5.41, 5.74) is 0.578. The molecule has 0 heterocycles. The van der Waals surface area contributed by atoms with Crippen LogP contribution < -0.4 is 10.2 Å². The molecule has 0 aliphatic heterocycles. The van der Waals surface area contributed by atoms with Crippen LogP contribution in [0, 0.1) is 0 Å². The van der Waals surface area contributed by atoms with Gasteiger partial charge in [0.15, 0.2) is 0 Å². The van der Waals surface area contributed by atoms with Gasteiger partial charge in [0.05, 0.1) is 0 Å². The van der Waals surface area contributed by atoms with E-state index in [1.165, 1.54) is 6.07 Å². The first-order valence-corrected chi connectivity index (χ1v) is 4.58. The summed E-state index contributed by atoms with van der Waals surface area (Å²) in [5.74, 6) is -0.465. The molecule has 0 atom stereocenters. The summed E-state index contributed by atoms with van der Waals surface area (Å²) >= 11 is 0. The number of benzene rings is 1. The Morgan fingerprint density at radius 1 is 1.31 bits per heavy atom. The quantitative estimate of drug-likeness (QED) is 0.761. The highest BCUT2D eigenvalue weighted by molar-refractivity contribution is 6.59. The van der Waals surface area contributed by atoms with E-state index in [-0.39, 0.29) is 5.46 Å². The topological polar surface area (TPSA) is 49.7 Å². The number of aryl methyl sites for hydroxylation is 1. The summed E-state index contributed by atoms with van der Waals surface area (Å²) in [7, 11) is -1.81. The molecule has 0 unspecified atom stereocenters. The molecule has 0 amide bonds. The van der Waals surface area contributed by atoms with Crippen molar-refractivity contribution in [1.82, 2.24) is 0 Å². The van der Waals surface area contributed by atoms with Crippen molar-refractivity contribution in [3.05, 3.63) is 23.8 Å². The van der Waals surface area contributed by atoms with Crippen LogP contribution in [0.25, 0.3) is 0 Å². The highest BCUT2D eigenvalue weighted by Gasteiger charge is 2.31. The van der Waals surface area contributed by atoms with Crippen molar-refractivity contribution in [3.63, 3.8) is 0 Å². The standard InChI is InChI=1S/C9H10BF3O3/c1-2-6-3-4-7(16-9(11,12)13)5-8(6)10(14)15/h3-5,14-15H,2H2,1H3. The van der Waals surface area contributed by atoms with Gasteiger partial charge < -0.3 is 14.8 Å². The van der Waals surface area contributed by atoms with Crippen molar-refractivity contribution < 1.29 is 28.0 Å². The Bertz CT molecular complexity index is 366. The molecule has 2 N–H and O–H groups in total. The second-order valence-electron chi connectivity index (χ2n) is 3.14. The third kappa shape index (κ3) is 3.43. The zero-order valence-electron chi connectivity index (χ0n) is 8.45. The van der Waals surface area contributed by atoms with Gasteiger partial charge in [0, 0.05) is 0 Å². The van der Waals surface area contributed by atoms with Crippen molar-refractivity contribution in [1.29, 1.82) is 0 Å². The fourth-order valence-electron chi connectivity index (χ4n) is 1.33. The minimum Gasteiger partial charge on any atom is -0.423 e. The molecule has 0 aromatic heterocycles. The molecule has 0 aliphatic rings. The molecule has 3 nitrogen and oxygen atoms in total. The van der Waals surface area contributed by atoms with Crippen LogP contribution in [0.5, 0.6) is 5.75 Å². The van der Waals surface area contributed by atoms with Crippen molar-refractivity contribution in [2.45, 2.75) is 19.7 Å². The van der Waals surface area contributed by atoms with Crippen LogP contribution in [0.1, 0.15) is 12.5 Å². The smallest absolute Gasteiger partial charge is 0.423 e. The molecule has 88 valence electrons. The first-order chi connectivity index (χ1) is 7.33. The first-order valence-electron chi connectivity index (χ1n) is 4.58. The summed E-state index contributed by atoms with van der Waals surface area (Å²) in [6.07, 6.45) is -4.30. The number of hydrogen-bond donors (Lipinski definition) is 2. The van der Waals surface area contributed by atoms with Crippen molar-refractivity contribution in [2.24, 2.45) is 0 Å². The van der Waals surface area contributed by atoms with Gasteiger partial charge in [0.25, 0.3) is 0 Å². The van der Waals surface area contributed by atoms with Crippen LogP contribution in [0.4, 0.5) is 13.2 Å². The van der Waals surface area contributed by atoms with E-state index in [9.17, 15) is 13.2 Å². The van der Waals surface area contributed by atoms with Gasteiger partial charge in [-0.2, -0.15) is 0 Å². The summed E-state index contributed by atoms with van der Waals surface area (Å²) in [5, 5.41) is 18.0. The molecule has 0 saturated carbocycles. The number of alkyl halides is 3. The predicted octanol–water partition coefficient (Wildman–Crippen LogP) is 0.827. The number of hydrogen-bond acceptors (Lipinski definition) is 3. The van der Waals surface area contributed by atoms with E-state index in [0.29, 0.717) is 12.0 Å². The maximum absolute atomic E-state index is 11.9. The Balaban J connectivity index is 3.02. The number of halogens is 3. The Kier molecular flexibility index (Phi) is 3.82. The highest BCUT2D eigenvalue weighted by Crippen LogP contribution is 2.22. The van der Waals surface area contributed by atoms with Crippen LogP contribution >= 0.6 is 0 Å². The number of ether oxygens (including phenoxy) is 1. The summed E-state index contributed by atoms with van der Waals surface area (Å²) in [6.45, 7) is 1.76. The maximum atomic E-state index is 11.9. The minimum atomic E-state index is -4.79. The van der Waals surface area contributed by atoms with E-state index in [1.807, 2.05) is 0 Å². The van der Waals surface area contributed by atoms with E-state index in [2.05, 4.69) is 4.74 Å². The Morgan fingerprint density at radius 2 is 1.94 bits per heavy atom. The van der Waals surface area contributed by atoms with Gasteiger partial charge in [-0.25, -0.2) is 0 Å². The molecule has 0 spiro atoms. The van der Waals surface area contributed by atoms with E-state index in [4.69, 9.17) is 10.0 Å². The zero-order valence-corrected chi connectivity index (χ0v) is 8.45. The monoisotopic (exact) mass is 234 g/mol. The lowest BCUT2D eigenvalue weighted by Crippen LogP contribution is -2.33. The van der Waals surface area contributed by atoms with Crippen molar-refractivity contribution in [2.75, 3.05) is 0 Å². The molecule has 1 aromatic carbocycles. The van der Waals surface area contributed by atoms with E-state index < -0.39 is 19.2 Å². The van der Waals surface area contributed by atoms with E-state index in [1.54, 1.807) is 6.92 Å². The van der Waals surface area contributed by atoms with Crippen molar-refractivity contribution in [3.8, 4) is 5.75 Å². The largest absolute Gasteiger partial charge is 0.573 e. The van der Waals surface area contributed by atoms with Gasteiger partial charge in [-0.05, 0) is 29.6 Å². The number of rotatable bonds is 3. The fraction of sp³-hybridized carbons (Fsp3) is 0.333. The lowest BCUT2D eigenvalue weighted by atomic mass is 9.76. The lowest BCUT2D eigenvalue weighted by Gasteiger charge is -2.12. The van der Waals surface area contributed by atoms with E-state index >= 15 is 0 Å². The van der Waals surface area contributed by atoms with Gasteiger partial charge in [0.2, 0.25) is 0 Å². The Labute approximate surface area is 90.6 Å². The average Bonchev–Trinajstić information content (AvgIpc) is 2.15. The second-order valence-corrected chi connectivity index (χ2v) is 3.14. The highest BCUT2D eigenvalue weighted by atomic mass is 19.4. The SMILES string of the molecule is CCc1ccc(OC(F)(F)F)cc1B(O)O. The Hall–Kier alpha value is -1.21. The normalized spacial score (nSPS) is 11.4. The minimum absolute atomic E-state index is 0.0178. The Morgan fingerprint density at radius 3 is 2.38 bits per heavy atom. The van der Waals surface area contributed by atoms with Crippen LogP contribution in [0.2, 0.25) is 0 Å². The van der Waals surface area contributed by atoms with Crippen LogP contribution in [-0.4, -0.2) is 23.5 Å². The molecule has 0 aliphatic carbocycles. The molecule has 0 bridgehead atoms. The molecule has 1 rings (SSSR count). The van der Waals surface area contributed by atoms with Crippen molar-refractivity contribution >= 4 is 12.6 Å². The molecule has 0 saturated heterocycles. The predicted molar refractivity (Wildman–Crippen MR) is 52.3 cm³/mol. The van der Waals surface area contributed by atoms with Crippen LogP contribution in [-0.2, 0) is 6.42 Å². The molecule has 0 fully saturated rings. The van der Waals surface area contributed by atoms with Gasteiger partial charge in [-0.15, -0.1) is 13.2 Å². The molecule has 7 heteroatoms. The average molecular weight is 234 g/mol.